The van der Waals surface area contributed by atoms with Gasteiger partial charge in [-0.3, -0.25) is 4.79 Å². The number of nitrogens with one attached hydrogen (secondary N) is 1. The van der Waals surface area contributed by atoms with Crippen molar-refractivity contribution in [2.24, 2.45) is 0 Å². The number of hydrogen-bond donors (Lipinski definition) is 1. The zero-order valence-electron chi connectivity index (χ0n) is 8.69. The van der Waals surface area contributed by atoms with Gasteiger partial charge in [0.1, 0.15) is 6.07 Å². The largest absolute Gasteiger partial charge is 0.471 e. The Bertz CT molecular complexity index is 666. The van der Waals surface area contributed by atoms with Crippen molar-refractivity contribution in [3.8, 4) is 6.07 Å². The van der Waals surface area contributed by atoms with Gasteiger partial charge in [-0.2, -0.15) is 18.4 Å². The van der Waals surface area contributed by atoms with E-state index in [1.807, 2.05) is 0 Å². The van der Waals surface area contributed by atoms with Crippen LogP contribution in [0.25, 0.3) is 0 Å². The molecule has 0 unspecified atom stereocenters. The number of carbonyl (C=O) groups excluding carboxylic acids is 1. The van der Waals surface area contributed by atoms with Crippen LogP contribution < -0.4 is 5.32 Å². The summed E-state index contributed by atoms with van der Waals surface area (Å²) in [6.45, 7) is 0. The molecule has 0 aliphatic heterocycles. The van der Waals surface area contributed by atoms with E-state index >= 15 is 0 Å². The Morgan fingerprint density at radius 2 is 2.05 bits per heavy atom. The SMILES string of the molecule is N#Cc1cc(NC(=O)C(F)(F)F)cnc1S(=O)(=O)Cl. The van der Waals surface area contributed by atoms with Gasteiger partial charge in [-0.15, -0.1) is 0 Å². The van der Waals surface area contributed by atoms with E-state index in [-0.39, 0.29) is 0 Å². The highest BCUT2D eigenvalue weighted by atomic mass is 35.7. The fourth-order valence-electron chi connectivity index (χ4n) is 0.997. The average Bonchev–Trinajstić information content (AvgIpc) is 2.26. The monoisotopic (exact) mass is 313 g/mol. The molecule has 0 fully saturated rings. The van der Waals surface area contributed by atoms with E-state index in [9.17, 15) is 26.4 Å². The summed E-state index contributed by atoms with van der Waals surface area (Å²) in [5.74, 6) is -2.28. The normalized spacial score (nSPS) is 11.7. The Hall–Kier alpha value is -1.86. The lowest BCUT2D eigenvalue weighted by atomic mass is 10.3. The molecule has 1 aromatic rings. The number of anilines is 1. The van der Waals surface area contributed by atoms with Gasteiger partial charge in [0.05, 0.1) is 17.4 Å². The van der Waals surface area contributed by atoms with Crippen LogP contribution in [-0.2, 0) is 13.8 Å². The Morgan fingerprint density at radius 3 is 2.47 bits per heavy atom. The zero-order valence-corrected chi connectivity index (χ0v) is 10.3. The predicted molar refractivity (Wildman–Crippen MR) is 56.7 cm³/mol. The fourth-order valence-corrected chi connectivity index (χ4v) is 1.91. The third kappa shape index (κ3) is 3.80. The van der Waals surface area contributed by atoms with Gasteiger partial charge >= 0.3 is 12.1 Å². The van der Waals surface area contributed by atoms with Crippen molar-refractivity contribution in [2.75, 3.05) is 5.32 Å². The van der Waals surface area contributed by atoms with Gasteiger partial charge in [-0.1, -0.05) is 0 Å². The third-order valence-corrected chi connectivity index (χ3v) is 2.94. The van der Waals surface area contributed by atoms with Gasteiger partial charge < -0.3 is 5.32 Å². The second kappa shape index (κ2) is 5.02. The maximum atomic E-state index is 12.0. The van der Waals surface area contributed by atoms with Crippen molar-refractivity contribution in [1.82, 2.24) is 4.98 Å². The van der Waals surface area contributed by atoms with Crippen LogP contribution in [0.1, 0.15) is 5.56 Å². The van der Waals surface area contributed by atoms with Crippen LogP contribution in [-0.4, -0.2) is 25.5 Å². The molecule has 0 aliphatic rings. The molecule has 1 aromatic heterocycles. The molecule has 0 radical (unpaired) electrons. The lowest BCUT2D eigenvalue weighted by molar-refractivity contribution is -0.167. The maximum Gasteiger partial charge on any atom is 0.471 e. The standard InChI is InChI=1S/C8H3ClF3N3O3S/c9-19(17,18)6-4(2-13)1-5(3-14-6)15-7(16)8(10,11)12/h1,3H,(H,15,16). The molecule has 6 nitrogen and oxygen atoms in total. The van der Waals surface area contributed by atoms with Crippen molar-refractivity contribution in [1.29, 1.82) is 5.26 Å². The minimum absolute atomic E-state index is 0.483. The molecular weight excluding hydrogens is 311 g/mol. The maximum absolute atomic E-state index is 12.0. The Balaban J connectivity index is 3.17. The van der Waals surface area contributed by atoms with Crippen LogP contribution in [0.3, 0.4) is 0 Å². The smallest absolute Gasteiger partial charge is 0.317 e. The van der Waals surface area contributed by atoms with Crippen molar-refractivity contribution < 1.29 is 26.4 Å². The number of halogens is 4. The van der Waals surface area contributed by atoms with Gasteiger partial charge in [-0.05, 0) is 6.07 Å². The van der Waals surface area contributed by atoms with Crippen molar-refractivity contribution in [3.63, 3.8) is 0 Å². The molecule has 0 bridgehead atoms. The van der Waals surface area contributed by atoms with E-state index in [4.69, 9.17) is 15.9 Å². The number of carbonyl (C=O) groups is 1. The topological polar surface area (TPSA) is 99.9 Å². The lowest BCUT2D eigenvalue weighted by Crippen LogP contribution is -2.30. The summed E-state index contributed by atoms with van der Waals surface area (Å²) in [6.07, 6.45) is -4.48. The molecule has 0 aromatic carbocycles. The first-order valence-electron chi connectivity index (χ1n) is 4.28. The summed E-state index contributed by atoms with van der Waals surface area (Å²) in [7, 11) is 0.649. The van der Waals surface area contributed by atoms with Crippen molar-refractivity contribution >= 4 is 31.3 Å². The van der Waals surface area contributed by atoms with E-state index in [2.05, 4.69) is 4.98 Å². The molecule has 0 atom stereocenters. The van der Waals surface area contributed by atoms with E-state index in [0.29, 0.717) is 12.3 Å². The molecule has 1 rings (SSSR count). The third-order valence-electron chi connectivity index (χ3n) is 1.72. The zero-order chi connectivity index (χ0) is 14.8. The molecule has 0 spiro atoms. The fraction of sp³-hybridized carbons (Fsp3) is 0.125. The molecule has 0 saturated heterocycles. The summed E-state index contributed by atoms with van der Waals surface area (Å²) in [5.41, 5.74) is -1.07. The molecule has 102 valence electrons. The number of aromatic nitrogens is 1. The Morgan fingerprint density at radius 1 is 1.47 bits per heavy atom. The van der Waals surface area contributed by atoms with Gasteiger partial charge in [0, 0.05) is 10.7 Å². The first-order valence-corrected chi connectivity index (χ1v) is 6.59. The first-order chi connectivity index (χ1) is 8.55. The van der Waals surface area contributed by atoms with Crippen LogP contribution in [0.15, 0.2) is 17.3 Å². The minimum Gasteiger partial charge on any atom is -0.317 e. The Kier molecular flexibility index (Phi) is 4.02. The molecule has 0 aliphatic carbocycles. The molecule has 1 amide bonds. The number of rotatable bonds is 2. The van der Waals surface area contributed by atoms with E-state index < -0.39 is 37.4 Å². The van der Waals surface area contributed by atoms with Crippen LogP contribution in [0, 0.1) is 11.3 Å². The van der Waals surface area contributed by atoms with Gasteiger partial charge in [0.2, 0.25) is 0 Å². The number of amides is 1. The number of alkyl halides is 3. The second-order valence-corrected chi connectivity index (χ2v) is 5.56. The molecule has 1 heterocycles. The van der Waals surface area contributed by atoms with Crippen LogP contribution in [0.5, 0.6) is 0 Å². The number of nitrogens with zero attached hydrogens (tertiary/aromatic N) is 2. The number of pyridine rings is 1. The highest BCUT2D eigenvalue weighted by molar-refractivity contribution is 8.13. The summed E-state index contributed by atoms with van der Waals surface area (Å²) < 4.78 is 57.9. The number of hydrogen-bond acceptors (Lipinski definition) is 5. The molecule has 0 saturated carbocycles. The summed E-state index contributed by atoms with van der Waals surface area (Å²) in [5, 5.41) is 9.27. The van der Waals surface area contributed by atoms with Gasteiger partial charge in [-0.25, -0.2) is 13.4 Å². The van der Waals surface area contributed by atoms with Crippen molar-refractivity contribution in [3.05, 3.63) is 17.8 Å². The summed E-state index contributed by atoms with van der Waals surface area (Å²) in [6, 6.07) is 2.11. The lowest BCUT2D eigenvalue weighted by Gasteiger charge is -2.08. The second-order valence-electron chi connectivity index (χ2n) is 3.08. The number of nitriles is 1. The predicted octanol–water partition coefficient (Wildman–Crippen LogP) is 1.38. The molecule has 1 N–H and O–H groups in total. The highest BCUT2D eigenvalue weighted by Gasteiger charge is 2.38. The van der Waals surface area contributed by atoms with Crippen molar-refractivity contribution in [2.45, 2.75) is 11.2 Å². The molecular formula is C8H3ClF3N3O3S. The van der Waals surface area contributed by atoms with Gasteiger partial charge in [0.25, 0.3) is 9.05 Å². The van der Waals surface area contributed by atoms with E-state index in [1.54, 1.807) is 0 Å². The minimum atomic E-state index is -5.12. The van der Waals surface area contributed by atoms with E-state index in [1.165, 1.54) is 11.4 Å². The molecule has 11 heteroatoms. The first kappa shape index (κ1) is 15.2. The highest BCUT2D eigenvalue weighted by Crippen LogP contribution is 2.22. The van der Waals surface area contributed by atoms with E-state index in [0.717, 1.165) is 0 Å². The Labute approximate surface area is 109 Å². The summed E-state index contributed by atoms with van der Waals surface area (Å²) >= 11 is 0. The quantitative estimate of drug-likeness (QED) is 0.831. The average molecular weight is 314 g/mol. The van der Waals surface area contributed by atoms with Crippen LogP contribution in [0.4, 0.5) is 18.9 Å². The van der Waals surface area contributed by atoms with Crippen LogP contribution in [0.2, 0.25) is 0 Å². The molecule has 19 heavy (non-hydrogen) atoms. The van der Waals surface area contributed by atoms with Crippen LogP contribution >= 0.6 is 10.7 Å². The summed E-state index contributed by atoms with van der Waals surface area (Å²) in [4.78, 5) is 13.9. The van der Waals surface area contributed by atoms with Gasteiger partial charge in [0.15, 0.2) is 5.03 Å².